The van der Waals surface area contributed by atoms with Crippen LogP contribution >= 0.6 is 11.8 Å². The van der Waals surface area contributed by atoms with E-state index in [1.807, 2.05) is 36.6 Å². The van der Waals surface area contributed by atoms with Crippen LogP contribution in [0.3, 0.4) is 0 Å². The topological polar surface area (TPSA) is 44.8 Å². The van der Waals surface area contributed by atoms with Gasteiger partial charge in [0.1, 0.15) is 0 Å². The number of ether oxygens (including phenoxy) is 3. The third-order valence-corrected chi connectivity index (χ3v) is 4.31. The van der Waals surface area contributed by atoms with Gasteiger partial charge in [-0.2, -0.15) is 0 Å². The number of methoxy groups -OCH3 is 3. The second-order valence-electron chi connectivity index (χ2n) is 4.85. The number of hydrogen-bond acceptors (Lipinski definition) is 5. The van der Waals surface area contributed by atoms with Gasteiger partial charge in [0.15, 0.2) is 17.3 Å². The van der Waals surface area contributed by atoms with E-state index in [0.29, 0.717) is 22.8 Å². The standard InChI is InChI=1S/C19H20O4S/c1-21-16-11-14(12-17(22-2)19(16)23-3)15(20)10-9-13-7-5-6-8-18(13)24-4/h5-12H,1-4H3/b10-9+. The van der Waals surface area contributed by atoms with Crippen LogP contribution in [0.4, 0.5) is 0 Å². The lowest BCUT2D eigenvalue weighted by molar-refractivity contribution is 0.104. The Labute approximate surface area is 146 Å². The third-order valence-electron chi connectivity index (χ3n) is 3.50. The SMILES string of the molecule is COc1cc(C(=O)/C=C/c2ccccc2SC)cc(OC)c1OC. The van der Waals surface area contributed by atoms with Crippen LogP contribution in [0.5, 0.6) is 17.2 Å². The monoisotopic (exact) mass is 344 g/mol. The van der Waals surface area contributed by atoms with Gasteiger partial charge in [0.25, 0.3) is 0 Å². The molecule has 0 amide bonds. The van der Waals surface area contributed by atoms with Crippen molar-refractivity contribution >= 4 is 23.6 Å². The Balaban J connectivity index is 2.34. The van der Waals surface area contributed by atoms with Crippen molar-refractivity contribution in [2.45, 2.75) is 4.90 Å². The molecule has 126 valence electrons. The Bertz CT molecular complexity index is 728. The fourth-order valence-electron chi connectivity index (χ4n) is 2.29. The summed E-state index contributed by atoms with van der Waals surface area (Å²) in [6, 6.07) is 11.2. The van der Waals surface area contributed by atoms with Crippen LogP contribution in [-0.2, 0) is 0 Å². The van der Waals surface area contributed by atoms with E-state index in [9.17, 15) is 4.79 Å². The van der Waals surface area contributed by atoms with Crippen molar-refractivity contribution in [3.63, 3.8) is 0 Å². The summed E-state index contributed by atoms with van der Waals surface area (Å²) in [5, 5.41) is 0. The number of thioether (sulfide) groups is 1. The first-order valence-corrected chi connectivity index (χ1v) is 8.52. The number of ketones is 1. The molecule has 0 fully saturated rings. The van der Waals surface area contributed by atoms with Crippen LogP contribution in [-0.4, -0.2) is 33.4 Å². The average Bonchev–Trinajstić information content (AvgIpc) is 2.64. The molecule has 0 radical (unpaired) electrons. The van der Waals surface area contributed by atoms with Gasteiger partial charge in [0, 0.05) is 10.5 Å². The van der Waals surface area contributed by atoms with Gasteiger partial charge in [-0.25, -0.2) is 0 Å². The van der Waals surface area contributed by atoms with Crippen molar-refractivity contribution in [2.24, 2.45) is 0 Å². The van der Waals surface area contributed by atoms with Gasteiger partial charge >= 0.3 is 0 Å². The van der Waals surface area contributed by atoms with Crippen molar-refractivity contribution in [1.82, 2.24) is 0 Å². The minimum absolute atomic E-state index is 0.134. The predicted molar refractivity (Wildman–Crippen MR) is 97.7 cm³/mol. The zero-order valence-corrected chi connectivity index (χ0v) is 15.0. The van der Waals surface area contributed by atoms with Gasteiger partial charge in [-0.3, -0.25) is 4.79 Å². The van der Waals surface area contributed by atoms with Crippen LogP contribution in [0.15, 0.2) is 47.4 Å². The highest BCUT2D eigenvalue weighted by Gasteiger charge is 2.15. The molecule has 5 heteroatoms. The molecule has 0 N–H and O–H groups in total. The van der Waals surface area contributed by atoms with Gasteiger partial charge in [0.05, 0.1) is 21.3 Å². The second kappa shape index (κ2) is 8.45. The molecular weight excluding hydrogens is 324 g/mol. The fourth-order valence-corrected chi connectivity index (χ4v) is 2.88. The van der Waals surface area contributed by atoms with E-state index in [4.69, 9.17) is 14.2 Å². The number of carbonyl (C=O) groups excluding carboxylic acids is 1. The smallest absolute Gasteiger partial charge is 0.203 e. The highest BCUT2D eigenvalue weighted by molar-refractivity contribution is 7.98. The molecule has 0 heterocycles. The van der Waals surface area contributed by atoms with Crippen LogP contribution in [0.1, 0.15) is 15.9 Å². The summed E-state index contributed by atoms with van der Waals surface area (Å²) < 4.78 is 15.8. The summed E-state index contributed by atoms with van der Waals surface area (Å²) in [7, 11) is 4.58. The lowest BCUT2D eigenvalue weighted by Gasteiger charge is -2.13. The summed E-state index contributed by atoms with van der Waals surface area (Å²) in [4.78, 5) is 13.6. The fraction of sp³-hybridized carbons (Fsp3) is 0.211. The molecule has 2 aromatic carbocycles. The number of rotatable bonds is 7. The minimum Gasteiger partial charge on any atom is -0.493 e. The molecule has 0 atom stereocenters. The molecule has 0 bridgehead atoms. The molecule has 0 aliphatic rings. The normalized spacial score (nSPS) is 10.7. The molecule has 24 heavy (non-hydrogen) atoms. The maximum absolute atomic E-state index is 12.5. The summed E-state index contributed by atoms with van der Waals surface area (Å²) in [6.45, 7) is 0. The van der Waals surface area contributed by atoms with Crippen molar-refractivity contribution in [3.05, 3.63) is 53.6 Å². The van der Waals surface area contributed by atoms with Crippen LogP contribution in [0, 0.1) is 0 Å². The first-order valence-electron chi connectivity index (χ1n) is 7.30. The first-order chi connectivity index (χ1) is 11.6. The van der Waals surface area contributed by atoms with E-state index in [-0.39, 0.29) is 5.78 Å². The van der Waals surface area contributed by atoms with Crippen molar-refractivity contribution < 1.29 is 19.0 Å². The molecule has 0 spiro atoms. The highest BCUT2D eigenvalue weighted by Crippen LogP contribution is 2.38. The predicted octanol–water partition coefficient (Wildman–Crippen LogP) is 4.33. The zero-order chi connectivity index (χ0) is 17.5. The van der Waals surface area contributed by atoms with Gasteiger partial charge in [-0.05, 0) is 42.2 Å². The number of carbonyl (C=O) groups is 1. The molecule has 0 aromatic heterocycles. The Hall–Kier alpha value is -2.40. The second-order valence-corrected chi connectivity index (χ2v) is 5.70. The quantitative estimate of drug-likeness (QED) is 0.425. The van der Waals surface area contributed by atoms with Crippen molar-refractivity contribution in [1.29, 1.82) is 0 Å². The Kier molecular flexibility index (Phi) is 6.32. The number of allylic oxidation sites excluding steroid dienone is 1. The summed E-state index contributed by atoms with van der Waals surface area (Å²) in [5.74, 6) is 1.25. The maximum atomic E-state index is 12.5. The Morgan fingerprint density at radius 1 is 1.00 bits per heavy atom. The molecule has 2 aromatic rings. The van der Waals surface area contributed by atoms with E-state index >= 15 is 0 Å². The molecule has 0 saturated heterocycles. The van der Waals surface area contributed by atoms with Crippen molar-refractivity contribution in [2.75, 3.05) is 27.6 Å². The van der Waals surface area contributed by atoms with E-state index < -0.39 is 0 Å². The number of benzene rings is 2. The van der Waals surface area contributed by atoms with Gasteiger partial charge < -0.3 is 14.2 Å². The lowest BCUT2D eigenvalue weighted by Crippen LogP contribution is -2.00. The Morgan fingerprint density at radius 2 is 1.62 bits per heavy atom. The van der Waals surface area contributed by atoms with Crippen LogP contribution in [0.2, 0.25) is 0 Å². The minimum atomic E-state index is -0.134. The van der Waals surface area contributed by atoms with Crippen LogP contribution in [0.25, 0.3) is 6.08 Å². The summed E-state index contributed by atoms with van der Waals surface area (Å²) in [6.07, 6.45) is 5.38. The van der Waals surface area contributed by atoms with Gasteiger partial charge in [-0.15, -0.1) is 11.8 Å². The molecule has 0 unspecified atom stereocenters. The van der Waals surface area contributed by atoms with Gasteiger partial charge in [-0.1, -0.05) is 18.2 Å². The molecule has 4 nitrogen and oxygen atoms in total. The lowest BCUT2D eigenvalue weighted by atomic mass is 10.1. The zero-order valence-electron chi connectivity index (χ0n) is 14.2. The molecule has 2 rings (SSSR count). The maximum Gasteiger partial charge on any atom is 0.203 e. The molecular formula is C19H20O4S. The van der Waals surface area contributed by atoms with E-state index in [1.165, 1.54) is 21.3 Å². The Morgan fingerprint density at radius 3 is 2.17 bits per heavy atom. The first kappa shape index (κ1) is 17.9. The third kappa shape index (κ3) is 3.92. The van der Waals surface area contributed by atoms with Crippen LogP contribution < -0.4 is 14.2 Å². The van der Waals surface area contributed by atoms with Gasteiger partial charge in [0.2, 0.25) is 5.75 Å². The molecule has 0 aliphatic heterocycles. The number of hydrogen-bond donors (Lipinski definition) is 0. The largest absolute Gasteiger partial charge is 0.493 e. The van der Waals surface area contributed by atoms with E-state index in [2.05, 4.69) is 0 Å². The summed E-state index contributed by atoms with van der Waals surface area (Å²) >= 11 is 1.64. The summed E-state index contributed by atoms with van der Waals surface area (Å²) in [5.41, 5.74) is 1.48. The molecule has 0 saturated carbocycles. The van der Waals surface area contributed by atoms with E-state index in [1.54, 1.807) is 30.0 Å². The van der Waals surface area contributed by atoms with E-state index in [0.717, 1.165) is 10.5 Å². The van der Waals surface area contributed by atoms with Crippen molar-refractivity contribution in [3.8, 4) is 17.2 Å². The molecule has 0 aliphatic carbocycles. The highest BCUT2D eigenvalue weighted by atomic mass is 32.2. The average molecular weight is 344 g/mol.